The molecule has 1 rings (SSSR count). The van der Waals surface area contributed by atoms with Crippen LogP contribution in [0.15, 0.2) is 24.3 Å². The molecule has 0 aliphatic rings. The minimum atomic E-state index is 0.421. The Morgan fingerprint density at radius 3 is 2.39 bits per heavy atom. The fourth-order valence-corrected chi connectivity index (χ4v) is 2.67. The first-order chi connectivity index (χ1) is 8.79. The maximum atomic E-state index is 6.22. The summed E-state index contributed by atoms with van der Waals surface area (Å²) in [6.07, 6.45) is 9.14. The van der Waals surface area contributed by atoms with Crippen molar-refractivity contribution in [3.8, 4) is 0 Å². The maximum Gasteiger partial charge on any atom is 0.0441 e. The Hall–Kier alpha value is -0.530. The van der Waals surface area contributed by atoms with Crippen molar-refractivity contribution in [3.05, 3.63) is 34.9 Å². The maximum absolute atomic E-state index is 6.22. The topological polar surface area (TPSA) is 26.0 Å². The van der Waals surface area contributed by atoms with Crippen LogP contribution < -0.4 is 5.73 Å². The highest BCUT2D eigenvalue weighted by molar-refractivity contribution is 6.31. The van der Waals surface area contributed by atoms with E-state index in [1.165, 1.54) is 44.1 Å². The van der Waals surface area contributed by atoms with E-state index in [-0.39, 0.29) is 0 Å². The van der Waals surface area contributed by atoms with Gasteiger partial charge in [-0.3, -0.25) is 0 Å². The third-order valence-electron chi connectivity index (χ3n) is 3.54. The Morgan fingerprint density at radius 2 is 1.72 bits per heavy atom. The summed E-state index contributed by atoms with van der Waals surface area (Å²) in [6.45, 7) is 2.94. The second-order valence-electron chi connectivity index (χ2n) is 5.01. The third kappa shape index (κ3) is 5.41. The van der Waals surface area contributed by atoms with E-state index >= 15 is 0 Å². The van der Waals surface area contributed by atoms with Crippen molar-refractivity contribution in [3.63, 3.8) is 0 Å². The van der Waals surface area contributed by atoms with Crippen molar-refractivity contribution in [1.29, 1.82) is 0 Å². The smallest absolute Gasteiger partial charge is 0.0441 e. The Balaban J connectivity index is 2.32. The molecule has 0 amide bonds. The summed E-state index contributed by atoms with van der Waals surface area (Å²) in [5, 5.41) is 0.860. The average molecular weight is 268 g/mol. The van der Waals surface area contributed by atoms with Crippen LogP contribution in [-0.2, 0) is 0 Å². The fraction of sp³-hybridized carbons (Fsp3) is 0.625. The molecule has 2 N–H and O–H groups in total. The van der Waals surface area contributed by atoms with Crippen LogP contribution in [0.5, 0.6) is 0 Å². The van der Waals surface area contributed by atoms with Crippen molar-refractivity contribution in [2.75, 3.05) is 6.54 Å². The average Bonchev–Trinajstić information content (AvgIpc) is 2.39. The minimum Gasteiger partial charge on any atom is -0.330 e. The molecule has 1 aromatic carbocycles. The molecule has 0 saturated heterocycles. The van der Waals surface area contributed by atoms with Gasteiger partial charge in [-0.25, -0.2) is 0 Å². The number of rotatable bonds is 9. The van der Waals surface area contributed by atoms with Crippen molar-refractivity contribution >= 4 is 11.6 Å². The highest BCUT2D eigenvalue weighted by atomic mass is 35.5. The van der Waals surface area contributed by atoms with E-state index in [0.29, 0.717) is 12.5 Å². The van der Waals surface area contributed by atoms with Crippen LogP contribution in [0, 0.1) is 0 Å². The molecule has 0 spiro atoms. The zero-order chi connectivity index (χ0) is 13.2. The molecule has 1 unspecified atom stereocenters. The minimum absolute atomic E-state index is 0.421. The number of halogens is 1. The van der Waals surface area contributed by atoms with E-state index < -0.39 is 0 Å². The summed E-state index contributed by atoms with van der Waals surface area (Å²) >= 11 is 6.22. The molecule has 102 valence electrons. The van der Waals surface area contributed by atoms with Gasteiger partial charge in [0.25, 0.3) is 0 Å². The van der Waals surface area contributed by atoms with E-state index in [1.807, 2.05) is 18.2 Å². The molecular weight excluding hydrogens is 242 g/mol. The highest BCUT2D eigenvalue weighted by Gasteiger charge is 2.12. The van der Waals surface area contributed by atoms with Crippen LogP contribution in [0.4, 0.5) is 0 Å². The van der Waals surface area contributed by atoms with Gasteiger partial charge in [-0.2, -0.15) is 0 Å². The quantitative estimate of drug-likeness (QED) is 0.617. The first-order valence-corrected chi connectivity index (χ1v) is 7.61. The molecular formula is C16H26ClN. The predicted octanol–water partition coefficient (Wildman–Crippen LogP) is 5.13. The molecule has 1 aromatic rings. The Kier molecular flexibility index (Phi) is 8.11. The molecule has 2 heteroatoms. The lowest BCUT2D eigenvalue weighted by Crippen LogP contribution is -2.13. The van der Waals surface area contributed by atoms with Crippen molar-refractivity contribution in [1.82, 2.24) is 0 Å². The van der Waals surface area contributed by atoms with Crippen LogP contribution >= 0.6 is 11.6 Å². The van der Waals surface area contributed by atoms with Gasteiger partial charge >= 0.3 is 0 Å². The lowest BCUT2D eigenvalue weighted by Gasteiger charge is -2.16. The van der Waals surface area contributed by atoms with E-state index in [1.54, 1.807) is 0 Å². The molecule has 0 aliphatic carbocycles. The largest absolute Gasteiger partial charge is 0.330 e. The molecule has 0 heterocycles. The van der Waals surface area contributed by atoms with Crippen LogP contribution in [-0.4, -0.2) is 6.54 Å². The molecule has 1 atom stereocenters. The summed E-state index contributed by atoms with van der Waals surface area (Å²) in [6, 6.07) is 8.09. The standard InChI is InChI=1S/C16H26ClN/c1-2-3-4-5-6-7-10-14(13-18)15-11-8-9-12-16(15)17/h8-9,11-12,14H,2-7,10,13,18H2,1H3. The van der Waals surface area contributed by atoms with Gasteiger partial charge in [-0.15, -0.1) is 0 Å². The van der Waals surface area contributed by atoms with Gasteiger partial charge in [0, 0.05) is 5.02 Å². The van der Waals surface area contributed by atoms with Crippen LogP contribution in [0.2, 0.25) is 5.02 Å². The van der Waals surface area contributed by atoms with E-state index in [4.69, 9.17) is 17.3 Å². The molecule has 0 bridgehead atoms. The van der Waals surface area contributed by atoms with Crippen molar-refractivity contribution in [2.45, 2.75) is 57.8 Å². The number of hydrogen-bond donors (Lipinski definition) is 1. The van der Waals surface area contributed by atoms with E-state index in [0.717, 1.165) is 11.4 Å². The molecule has 0 aliphatic heterocycles. The zero-order valence-corrected chi connectivity index (χ0v) is 12.3. The second-order valence-corrected chi connectivity index (χ2v) is 5.42. The Labute approximate surface area is 117 Å². The SMILES string of the molecule is CCCCCCCCC(CN)c1ccccc1Cl. The number of unbranched alkanes of at least 4 members (excludes halogenated alkanes) is 5. The third-order valence-corrected chi connectivity index (χ3v) is 3.88. The fourth-order valence-electron chi connectivity index (χ4n) is 2.38. The van der Waals surface area contributed by atoms with Crippen LogP contribution in [0.3, 0.4) is 0 Å². The molecule has 1 nitrogen and oxygen atoms in total. The summed E-state index contributed by atoms with van der Waals surface area (Å²) in [4.78, 5) is 0. The molecule has 18 heavy (non-hydrogen) atoms. The summed E-state index contributed by atoms with van der Waals surface area (Å²) in [5.74, 6) is 0.421. The monoisotopic (exact) mass is 267 g/mol. The number of benzene rings is 1. The van der Waals surface area contributed by atoms with Gasteiger partial charge in [-0.1, -0.05) is 75.2 Å². The first kappa shape index (κ1) is 15.5. The molecule has 0 fully saturated rings. The van der Waals surface area contributed by atoms with Gasteiger partial charge < -0.3 is 5.73 Å². The Morgan fingerprint density at radius 1 is 1.06 bits per heavy atom. The van der Waals surface area contributed by atoms with Crippen LogP contribution in [0.25, 0.3) is 0 Å². The lowest BCUT2D eigenvalue weighted by molar-refractivity contribution is 0.542. The van der Waals surface area contributed by atoms with E-state index in [9.17, 15) is 0 Å². The van der Waals surface area contributed by atoms with Crippen molar-refractivity contribution < 1.29 is 0 Å². The summed E-state index contributed by atoms with van der Waals surface area (Å²) in [5.41, 5.74) is 7.10. The number of hydrogen-bond acceptors (Lipinski definition) is 1. The zero-order valence-electron chi connectivity index (χ0n) is 11.5. The van der Waals surface area contributed by atoms with Gasteiger partial charge in [0.05, 0.1) is 0 Å². The molecule has 0 saturated carbocycles. The van der Waals surface area contributed by atoms with Gasteiger partial charge in [-0.05, 0) is 30.5 Å². The van der Waals surface area contributed by atoms with Crippen molar-refractivity contribution in [2.24, 2.45) is 5.73 Å². The highest BCUT2D eigenvalue weighted by Crippen LogP contribution is 2.27. The van der Waals surface area contributed by atoms with E-state index in [2.05, 4.69) is 13.0 Å². The normalized spacial score (nSPS) is 12.6. The first-order valence-electron chi connectivity index (χ1n) is 7.24. The molecule has 0 aromatic heterocycles. The van der Waals surface area contributed by atoms with Crippen LogP contribution in [0.1, 0.15) is 63.4 Å². The van der Waals surface area contributed by atoms with Gasteiger partial charge in [0.1, 0.15) is 0 Å². The van der Waals surface area contributed by atoms with Gasteiger partial charge in [0.15, 0.2) is 0 Å². The second kappa shape index (κ2) is 9.41. The Bertz CT molecular complexity index is 325. The lowest BCUT2D eigenvalue weighted by atomic mass is 9.93. The molecule has 0 radical (unpaired) electrons. The predicted molar refractivity (Wildman–Crippen MR) is 81.2 cm³/mol. The summed E-state index contributed by atoms with van der Waals surface area (Å²) < 4.78 is 0. The van der Waals surface area contributed by atoms with Gasteiger partial charge in [0.2, 0.25) is 0 Å². The number of nitrogens with two attached hydrogens (primary N) is 1. The summed E-state index contributed by atoms with van der Waals surface area (Å²) in [7, 11) is 0.